The summed E-state index contributed by atoms with van der Waals surface area (Å²) in [6, 6.07) is 8.05. The van der Waals surface area contributed by atoms with Crippen LogP contribution in [0.25, 0.3) is 10.9 Å². The normalized spacial score (nSPS) is 31.1. The number of amides is 1. The maximum atomic E-state index is 13.6. The first-order valence-electron chi connectivity index (χ1n) is 12.2. The zero-order valence-electron chi connectivity index (χ0n) is 18.4. The third-order valence-corrected chi connectivity index (χ3v) is 8.33. The number of hydrogen-bond acceptors (Lipinski definition) is 4. The van der Waals surface area contributed by atoms with Gasteiger partial charge in [0.2, 0.25) is 5.91 Å². The number of hydrogen-bond donors (Lipinski definition) is 2. The molecule has 3 aliphatic heterocycles. The quantitative estimate of drug-likeness (QED) is 0.573. The lowest BCUT2D eigenvalue weighted by Crippen LogP contribution is -2.99. The van der Waals surface area contributed by atoms with Gasteiger partial charge in [-0.15, -0.1) is 0 Å². The maximum absolute atomic E-state index is 13.6. The van der Waals surface area contributed by atoms with E-state index in [0.717, 1.165) is 31.4 Å². The average molecular weight is 437 g/mol. The largest absolute Gasteiger partial charge is 0.595 e. The number of rotatable bonds is 3. The van der Waals surface area contributed by atoms with Gasteiger partial charge in [0.15, 0.2) is 5.69 Å². The van der Waals surface area contributed by atoms with E-state index < -0.39 is 5.23 Å². The van der Waals surface area contributed by atoms with Gasteiger partial charge in [0.1, 0.15) is 6.54 Å². The smallest absolute Gasteiger partial charge is 0.243 e. The van der Waals surface area contributed by atoms with E-state index in [1.54, 1.807) is 12.1 Å². The molecule has 2 aromatic rings. The lowest BCUT2D eigenvalue weighted by Gasteiger charge is -2.54. The SMILES string of the molecule is O=C(Cn1ccc2c([NH+]([O-])O)cccc21)N1CCCC2=CC3CC(CN4CCCCC34)C21. The molecule has 4 heterocycles. The van der Waals surface area contributed by atoms with Gasteiger partial charge in [-0.25, -0.2) is 5.21 Å². The van der Waals surface area contributed by atoms with E-state index in [-0.39, 0.29) is 24.2 Å². The van der Waals surface area contributed by atoms with E-state index in [1.807, 2.05) is 22.9 Å². The highest BCUT2D eigenvalue weighted by atomic mass is 16.8. The molecule has 0 spiro atoms. The molecule has 7 nitrogen and oxygen atoms in total. The molecule has 1 aromatic carbocycles. The first-order chi connectivity index (χ1) is 15.6. The number of benzene rings is 1. The second-order valence-corrected chi connectivity index (χ2v) is 10.1. The Kier molecular flexibility index (Phi) is 5.10. The van der Waals surface area contributed by atoms with Crippen LogP contribution in [0.15, 0.2) is 42.1 Å². The molecule has 2 bridgehead atoms. The van der Waals surface area contributed by atoms with Crippen molar-refractivity contribution in [2.24, 2.45) is 11.8 Å². The van der Waals surface area contributed by atoms with Crippen LogP contribution < -0.4 is 5.23 Å². The Labute approximate surface area is 188 Å². The first kappa shape index (κ1) is 20.4. The van der Waals surface area contributed by atoms with Gasteiger partial charge in [0.25, 0.3) is 0 Å². The van der Waals surface area contributed by atoms with Gasteiger partial charge in [-0.2, -0.15) is 5.23 Å². The Balaban J connectivity index is 1.27. The van der Waals surface area contributed by atoms with Crippen molar-refractivity contribution >= 4 is 22.5 Å². The van der Waals surface area contributed by atoms with Gasteiger partial charge in [-0.05, 0) is 62.6 Å². The third kappa shape index (κ3) is 3.30. The Morgan fingerprint density at radius 1 is 1.19 bits per heavy atom. The predicted octanol–water partition coefficient (Wildman–Crippen LogP) is 2.47. The minimum Gasteiger partial charge on any atom is -0.595 e. The predicted molar refractivity (Wildman–Crippen MR) is 121 cm³/mol. The summed E-state index contributed by atoms with van der Waals surface area (Å²) in [6.45, 7) is 3.42. The third-order valence-electron chi connectivity index (χ3n) is 8.33. The number of aromatic nitrogens is 1. The number of carbonyl (C=O) groups is 1. The zero-order chi connectivity index (χ0) is 21.8. The average Bonchev–Trinajstić information content (AvgIpc) is 3.21. The number of nitrogens with one attached hydrogen (secondary N) is 1. The molecule has 6 rings (SSSR count). The molecule has 0 radical (unpaired) electrons. The highest BCUT2D eigenvalue weighted by molar-refractivity contribution is 5.90. The molecule has 170 valence electrons. The van der Waals surface area contributed by atoms with Crippen LogP contribution in [0.5, 0.6) is 0 Å². The van der Waals surface area contributed by atoms with Gasteiger partial charge in [-0.3, -0.25) is 9.69 Å². The minimum absolute atomic E-state index is 0.151. The molecule has 1 aliphatic carbocycles. The summed E-state index contributed by atoms with van der Waals surface area (Å²) >= 11 is 0. The first-order valence-corrected chi connectivity index (χ1v) is 12.2. The monoisotopic (exact) mass is 436 g/mol. The number of piperidine rings is 3. The molecule has 1 amide bonds. The van der Waals surface area contributed by atoms with Gasteiger partial charge >= 0.3 is 0 Å². The number of fused-ring (bicyclic) bond motifs is 7. The number of nitrogens with zero attached hydrogens (tertiary/aromatic N) is 3. The Bertz CT molecular complexity index is 1060. The molecule has 3 fully saturated rings. The molecule has 3 saturated heterocycles. The van der Waals surface area contributed by atoms with E-state index in [9.17, 15) is 15.2 Å². The van der Waals surface area contributed by atoms with E-state index >= 15 is 0 Å². The summed E-state index contributed by atoms with van der Waals surface area (Å²) in [6.07, 6.45) is 11.8. The molecule has 2 N–H and O–H groups in total. The maximum Gasteiger partial charge on any atom is 0.243 e. The molecular weight excluding hydrogens is 404 g/mol. The Morgan fingerprint density at radius 3 is 2.97 bits per heavy atom. The van der Waals surface area contributed by atoms with E-state index in [0.29, 0.717) is 23.3 Å². The summed E-state index contributed by atoms with van der Waals surface area (Å²) in [5, 5.41) is 20.8. The van der Waals surface area contributed by atoms with Crippen molar-refractivity contribution in [3.8, 4) is 0 Å². The summed E-state index contributed by atoms with van der Waals surface area (Å²) in [5.41, 5.74) is 2.60. The molecule has 32 heavy (non-hydrogen) atoms. The lowest BCUT2D eigenvalue weighted by molar-refractivity contribution is -0.990. The zero-order valence-corrected chi connectivity index (χ0v) is 18.4. The summed E-state index contributed by atoms with van der Waals surface area (Å²) in [4.78, 5) is 18.4. The molecule has 5 unspecified atom stereocenters. The molecule has 4 aliphatic rings. The topological polar surface area (TPSA) is 76.2 Å². The minimum atomic E-state index is -0.935. The molecule has 1 aromatic heterocycles. The molecule has 5 atom stereocenters. The fourth-order valence-corrected chi connectivity index (χ4v) is 7.04. The fourth-order valence-electron chi connectivity index (χ4n) is 7.04. The van der Waals surface area contributed by atoms with Crippen molar-refractivity contribution in [3.63, 3.8) is 0 Å². The van der Waals surface area contributed by atoms with Crippen molar-refractivity contribution in [2.45, 2.75) is 57.2 Å². The Morgan fingerprint density at radius 2 is 2.09 bits per heavy atom. The second kappa shape index (κ2) is 7.99. The van der Waals surface area contributed by atoms with Crippen LogP contribution in [-0.4, -0.2) is 57.2 Å². The van der Waals surface area contributed by atoms with Crippen molar-refractivity contribution in [2.75, 3.05) is 19.6 Å². The standard InChI is InChI=1S/C25H32N4O3/c30-24(16-27-12-9-20-22(27)7-3-8-23(20)29(31)32)28-11-4-5-17-13-18-14-19(25(17)28)15-26-10-2-1-6-21(18)26/h3,7-9,12-13,18-19,21,25,29,31H,1-2,4-6,10-11,14-16H2. The summed E-state index contributed by atoms with van der Waals surface area (Å²) in [7, 11) is 0. The number of likely N-dealkylation sites (tertiary alicyclic amines) is 1. The summed E-state index contributed by atoms with van der Waals surface area (Å²) in [5.74, 6) is 1.36. The van der Waals surface area contributed by atoms with Crippen LogP contribution in [-0.2, 0) is 11.3 Å². The lowest BCUT2D eigenvalue weighted by atomic mass is 9.68. The second-order valence-electron chi connectivity index (χ2n) is 10.1. The van der Waals surface area contributed by atoms with E-state index in [1.165, 1.54) is 37.8 Å². The Hall–Kier alpha value is -2.19. The van der Waals surface area contributed by atoms with Crippen molar-refractivity contribution in [1.29, 1.82) is 0 Å². The van der Waals surface area contributed by atoms with Gasteiger partial charge < -0.3 is 14.7 Å². The molecule has 7 heteroatoms. The highest BCUT2D eigenvalue weighted by Crippen LogP contribution is 2.45. The van der Waals surface area contributed by atoms with Gasteiger partial charge in [-0.1, -0.05) is 24.1 Å². The van der Waals surface area contributed by atoms with Crippen molar-refractivity contribution in [1.82, 2.24) is 14.4 Å². The van der Waals surface area contributed by atoms with E-state index in [2.05, 4.69) is 15.9 Å². The highest BCUT2D eigenvalue weighted by Gasteiger charge is 2.46. The van der Waals surface area contributed by atoms with Crippen molar-refractivity contribution < 1.29 is 15.2 Å². The van der Waals surface area contributed by atoms with Gasteiger partial charge in [0.05, 0.1) is 16.9 Å². The van der Waals surface area contributed by atoms with Crippen LogP contribution >= 0.6 is 0 Å². The van der Waals surface area contributed by atoms with Crippen LogP contribution in [0.4, 0.5) is 5.69 Å². The molecule has 0 saturated carbocycles. The molecular formula is C25H32N4O3. The summed E-state index contributed by atoms with van der Waals surface area (Å²) < 4.78 is 1.91. The van der Waals surface area contributed by atoms with Crippen molar-refractivity contribution in [3.05, 3.63) is 47.3 Å². The van der Waals surface area contributed by atoms with Crippen LogP contribution in [0.3, 0.4) is 0 Å². The van der Waals surface area contributed by atoms with Gasteiger partial charge in [0, 0.05) is 31.4 Å². The van der Waals surface area contributed by atoms with Crippen LogP contribution in [0, 0.1) is 17.0 Å². The fraction of sp³-hybridized carbons (Fsp3) is 0.560. The van der Waals surface area contributed by atoms with Crippen LogP contribution in [0.1, 0.15) is 38.5 Å². The number of quaternary nitrogens is 1. The van der Waals surface area contributed by atoms with Crippen LogP contribution in [0.2, 0.25) is 0 Å². The number of carbonyl (C=O) groups excluding carboxylic acids is 1. The van der Waals surface area contributed by atoms with E-state index in [4.69, 9.17) is 0 Å².